The van der Waals surface area contributed by atoms with Gasteiger partial charge in [0.25, 0.3) is 0 Å². The lowest BCUT2D eigenvalue weighted by atomic mass is 9.96. The molecule has 2 N–H and O–H groups in total. The average molecular weight is 221 g/mol. The third-order valence-corrected chi connectivity index (χ3v) is 3.80. The highest BCUT2D eigenvalue weighted by Crippen LogP contribution is 2.27. The van der Waals surface area contributed by atoms with E-state index in [0.29, 0.717) is 5.92 Å². The van der Waals surface area contributed by atoms with Crippen LogP contribution in [-0.2, 0) is 13.0 Å². The van der Waals surface area contributed by atoms with Gasteiger partial charge in [0.1, 0.15) is 5.82 Å². The molecule has 0 bridgehead atoms. The van der Waals surface area contributed by atoms with Crippen LogP contribution in [0.2, 0.25) is 0 Å². The molecule has 0 saturated carbocycles. The molecule has 2 aliphatic heterocycles. The van der Waals surface area contributed by atoms with Crippen LogP contribution < -0.4 is 5.32 Å². The van der Waals surface area contributed by atoms with Crippen molar-refractivity contribution in [3.8, 4) is 0 Å². The molecule has 2 aliphatic rings. The van der Waals surface area contributed by atoms with Gasteiger partial charge in [-0.25, -0.2) is 4.98 Å². The van der Waals surface area contributed by atoms with Crippen molar-refractivity contribution < 1.29 is 5.11 Å². The van der Waals surface area contributed by atoms with Crippen molar-refractivity contribution in [3.63, 3.8) is 0 Å². The second-order valence-electron chi connectivity index (χ2n) is 4.94. The van der Waals surface area contributed by atoms with Gasteiger partial charge in [0, 0.05) is 17.8 Å². The molecule has 16 heavy (non-hydrogen) atoms. The summed E-state index contributed by atoms with van der Waals surface area (Å²) in [5, 5.41) is 13.1. The maximum absolute atomic E-state index is 9.74. The molecule has 1 saturated heterocycles. The summed E-state index contributed by atoms with van der Waals surface area (Å²) in [6.45, 7) is 2.93. The summed E-state index contributed by atoms with van der Waals surface area (Å²) in [5.41, 5.74) is 1.30. The van der Waals surface area contributed by atoms with Crippen LogP contribution in [0.1, 0.15) is 36.7 Å². The third-order valence-electron chi connectivity index (χ3n) is 3.80. The Kier molecular flexibility index (Phi) is 2.69. The fourth-order valence-electron chi connectivity index (χ4n) is 2.86. The Morgan fingerprint density at radius 2 is 2.12 bits per heavy atom. The molecule has 0 radical (unpaired) electrons. The van der Waals surface area contributed by atoms with E-state index < -0.39 is 0 Å². The van der Waals surface area contributed by atoms with E-state index in [1.807, 2.05) is 6.20 Å². The number of piperidine rings is 1. The molecule has 1 unspecified atom stereocenters. The van der Waals surface area contributed by atoms with Crippen LogP contribution in [0.3, 0.4) is 0 Å². The molecule has 4 nitrogen and oxygen atoms in total. The van der Waals surface area contributed by atoms with E-state index in [9.17, 15) is 5.11 Å². The van der Waals surface area contributed by atoms with E-state index in [-0.39, 0.29) is 6.10 Å². The lowest BCUT2D eigenvalue weighted by Gasteiger charge is -2.27. The minimum atomic E-state index is -0.179. The standard InChI is InChI=1S/C12H19N3O/c16-11-2-1-10-7-14-12(15(10)8-11)9-3-5-13-6-4-9/h7,9,11,13,16H,1-6,8H2. The SMILES string of the molecule is OC1CCc2cnc(C3CCNCC3)n2C1. The van der Waals surface area contributed by atoms with Crippen LogP contribution in [0.5, 0.6) is 0 Å². The monoisotopic (exact) mass is 221 g/mol. The first-order chi connectivity index (χ1) is 7.84. The lowest BCUT2D eigenvalue weighted by Crippen LogP contribution is -2.30. The van der Waals surface area contributed by atoms with E-state index in [1.165, 1.54) is 24.4 Å². The van der Waals surface area contributed by atoms with Gasteiger partial charge in [0.05, 0.1) is 12.6 Å². The molecule has 1 fully saturated rings. The van der Waals surface area contributed by atoms with Crippen LogP contribution in [0.4, 0.5) is 0 Å². The van der Waals surface area contributed by atoms with Gasteiger partial charge >= 0.3 is 0 Å². The molecular weight excluding hydrogens is 202 g/mol. The van der Waals surface area contributed by atoms with Gasteiger partial charge in [-0.3, -0.25) is 0 Å². The van der Waals surface area contributed by atoms with Gasteiger partial charge in [-0.05, 0) is 38.8 Å². The number of hydrogen-bond donors (Lipinski definition) is 2. The van der Waals surface area contributed by atoms with Crippen molar-refractivity contribution in [1.82, 2.24) is 14.9 Å². The Hall–Kier alpha value is -0.870. The molecule has 3 heterocycles. The first kappa shape index (κ1) is 10.3. The number of aromatic nitrogens is 2. The number of aliphatic hydroxyl groups excluding tert-OH is 1. The Morgan fingerprint density at radius 1 is 1.31 bits per heavy atom. The first-order valence-corrected chi connectivity index (χ1v) is 6.27. The van der Waals surface area contributed by atoms with E-state index in [2.05, 4.69) is 14.9 Å². The second-order valence-corrected chi connectivity index (χ2v) is 4.94. The van der Waals surface area contributed by atoms with Crippen LogP contribution >= 0.6 is 0 Å². The highest BCUT2D eigenvalue weighted by Gasteiger charge is 2.25. The molecule has 0 amide bonds. The Balaban J connectivity index is 1.86. The van der Waals surface area contributed by atoms with Crippen molar-refractivity contribution in [2.45, 2.75) is 44.2 Å². The Morgan fingerprint density at radius 3 is 2.94 bits per heavy atom. The zero-order valence-electron chi connectivity index (χ0n) is 9.52. The lowest BCUT2D eigenvalue weighted by molar-refractivity contribution is 0.129. The average Bonchev–Trinajstić information content (AvgIpc) is 2.73. The summed E-state index contributed by atoms with van der Waals surface area (Å²) >= 11 is 0. The van der Waals surface area contributed by atoms with Gasteiger partial charge in [0.15, 0.2) is 0 Å². The smallest absolute Gasteiger partial charge is 0.112 e. The quantitative estimate of drug-likeness (QED) is 0.732. The number of rotatable bonds is 1. The largest absolute Gasteiger partial charge is 0.391 e. The van der Waals surface area contributed by atoms with Gasteiger partial charge in [0.2, 0.25) is 0 Å². The number of hydrogen-bond acceptors (Lipinski definition) is 3. The summed E-state index contributed by atoms with van der Waals surface area (Å²) < 4.78 is 2.25. The van der Waals surface area contributed by atoms with Crippen LogP contribution in [-0.4, -0.2) is 33.9 Å². The summed E-state index contributed by atoms with van der Waals surface area (Å²) in [6, 6.07) is 0. The molecule has 0 aromatic carbocycles. The number of imidazole rings is 1. The van der Waals surface area contributed by atoms with E-state index in [1.54, 1.807) is 0 Å². The first-order valence-electron chi connectivity index (χ1n) is 6.27. The zero-order valence-corrected chi connectivity index (χ0v) is 9.52. The third kappa shape index (κ3) is 1.76. The van der Waals surface area contributed by atoms with Crippen molar-refractivity contribution in [1.29, 1.82) is 0 Å². The fourth-order valence-corrected chi connectivity index (χ4v) is 2.86. The maximum atomic E-state index is 9.74. The van der Waals surface area contributed by atoms with Crippen molar-refractivity contribution >= 4 is 0 Å². The number of nitrogens with zero attached hydrogens (tertiary/aromatic N) is 2. The zero-order chi connectivity index (χ0) is 11.0. The molecule has 1 aromatic heterocycles. The second kappa shape index (κ2) is 4.18. The molecule has 0 aliphatic carbocycles. The fraction of sp³-hybridized carbons (Fsp3) is 0.750. The Bertz CT molecular complexity index is 368. The van der Waals surface area contributed by atoms with Gasteiger partial charge in [-0.15, -0.1) is 0 Å². The maximum Gasteiger partial charge on any atom is 0.112 e. The predicted octanol–water partition coefficient (Wildman–Crippen LogP) is 0.657. The van der Waals surface area contributed by atoms with E-state index >= 15 is 0 Å². The van der Waals surface area contributed by atoms with Crippen molar-refractivity contribution in [3.05, 3.63) is 17.7 Å². The van der Waals surface area contributed by atoms with Crippen molar-refractivity contribution in [2.24, 2.45) is 0 Å². The van der Waals surface area contributed by atoms with Crippen LogP contribution in [0.25, 0.3) is 0 Å². The van der Waals surface area contributed by atoms with Crippen LogP contribution in [0.15, 0.2) is 6.20 Å². The van der Waals surface area contributed by atoms with Crippen molar-refractivity contribution in [2.75, 3.05) is 13.1 Å². The van der Waals surface area contributed by atoms with Crippen LogP contribution in [0, 0.1) is 0 Å². The molecule has 3 rings (SSSR count). The van der Waals surface area contributed by atoms with Gasteiger partial charge in [-0.1, -0.05) is 0 Å². The minimum absolute atomic E-state index is 0.179. The number of nitrogens with one attached hydrogen (secondary N) is 1. The normalized spacial score (nSPS) is 26.7. The summed E-state index contributed by atoms with van der Waals surface area (Å²) in [6.07, 6.45) is 6.03. The molecule has 88 valence electrons. The van der Waals surface area contributed by atoms with E-state index in [4.69, 9.17) is 0 Å². The molecule has 1 aromatic rings. The Labute approximate surface area is 95.7 Å². The number of fused-ring (bicyclic) bond motifs is 1. The molecule has 0 spiro atoms. The molecular formula is C12H19N3O. The van der Waals surface area contributed by atoms with E-state index in [0.717, 1.165) is 32.5 Å². The number of aliphatic hydroxyl groups is 1. The van der Waals surface area contributed by atoms with Gasteiger partial charge in [-0.2, -0.15) is 0 Å². The molecule has 1 atom stereocenters. The molecule has 4 heteroatoms. The summed E-state index contributed by atoms with van der Waals surface area (Å²) in [4.78, 5) is 4.58. The highest BCUT2D eigenvalue weighted by atomic mass is 16.3. The summed E-state index contributed by atoms with van der Waals surface area (Å²) in [7, 11) is 0. The number of aryl methyl sites for hydroxylation is 1. The predicted molar refractivity (Wildman–Crippen MR) is 61.4 cm³/mol. The summed E-state index contributed by atoms with van der Waals surface area (Å²) in [5.74, 6) is 1.79. The highest BCUT2D eigenvalue weighted by molar-refractivity contribution is 5.13. The van der Waals surface area contributed by atoms with Gasteiger partial charge < -0.3 is 15.0 Å². The minimum Gasteiger partial charge on any atom is -0.391 e. The topological polar surface area (TPSA) is 50.1 Å².